The van der Waals surface area contributed by atoms with Gasteiger partial charge in [0, 0.05) is 6.20 Å². The molecule has 0 unspecified atom stereocenters. The van der Waals surface area contributed by atoms with Crippen LogP contribution in [0.3, 0.4) is 0 Å². The van der Waals surface area contributed by atoms with E-state index in [0.29, 0.717) is 17.1 Å². The molecule has 20 heavy (non-hydrogen) atoms. The van der Waals surface area contributed by atoms with Gasteiger partial charge < -0.3 is 14.8 Å². The van der Waals surface area contributed by atoms with Crippen LogP contribution in [0.2, 0.25) is 0 Å². The van der Waals surface area contributed by atoms with Gasteiger partial charge in [0.05, 0.1) is 17.4 Å². The molecule has 2 N–H and O–H groups in total. The summed E-state index contributed by atoms with van der Waals surface area (Å²) in [6.07, 6.45) is 3.40. The molecule has 1 aromatic carbocycles. The van der Waals surface area contributed by atoms with Gasteiger partial charge in [-0.15, -0.1) is 0 Å². The number of rotatable bonds is 3. The number of carbonyl (C=O) groups is 1. The Balaban J connectivity index is 1.95. The van der Waals surface area contributed by atoms with Gasteiger partial charge in [-0.05, 0) is 36.8 Å². The van der Waals surface area contributed by atoms with Crippen LogP contribution < -0.4 is 5.32 Å². The zero-order valence-electron chi connectivity index (χ0n) is 10.6. The topological polar surface area (TPSA) is 88.2 Å². The Hall–Kier alpha value is -2.89. The van der Waals surface area contributed by atoms with E-state index in [1.165, 1.54) is 12.1 Å². The van der Waals surface area contributed by atoms with Crippen LogP contribution in [0.5, 0.6) is 0 Å². The monoisotopic (exact) mass is 269 g/mol. The van der Waals surface area contributed by atoms with Crippen LogP contribution in [-0.2, 0) is 0 Å². The Morgan fingerprint density at radius 3 is 2.90 bits per heavy atom. The molecule has 0 aliphatic rings. The van der Waals surface area contributed by atoms with Crippen LogP contribution in [0.25, 0.3) is 11.1 Å². The number of aromatic carboxylic acids is 1. The highest BCUT2D eigenvalue weighted by atomic mass is 16.4. The van der Waals surface area contributed by atoms with Crippen molar-refractivity contribution < 1.29 is 14.3 Å². The highest BCUT2D eigenvalue weighted by Gasteiger charge is 2.10. The summed E-state index contributed by atoms with van der Waals surface area (Å²) in [5.74, 6) is -0.999. The molecular formula is C14H11N3O3. The molecule has 100 valence electrons. The molecule has 0 spiro atoms. The van der Waals surface area contributed by atoms with E-state index >= 15 is 0 Å². The van der Waals surface area contributed by atoms with Gasteiger partial charge in [0.25, 0.3) is 6.01 Å². The molecule has 2 aromatic heterocycles. The number of aromatic nitrogens is 2. The quantitative estimate of drug-likeness (QED) is 0.760. The lowest BCUT2D eigenvalue weighted by Crippen LogP contribution is -1.94. The van der Waals surface area contributed by atoms with E-state index in [2.05, 4.69) is 15.3 Å². The Labute approximate surface area is 114 Å². The third-order valence-electron chi connectivity index (χ3n) is 2.76. The summed E-state index contributed by atoms with van der Waals surface area (Å²) in [6.45, 7) is 1.93. The van der Waals surface area contributed by atoms with Gasteiger partial charge in [-0.2, -0.15) is 4.98 Å². The van der Waals surface area contributed by atoms with Crippen LogP contribution in [-0.4, -0.2) is 21.0 Å². The Kier molecular flexibility index (Phi) is 2.83. The number of oxazole rings is 1. The highest BCUT2D eigenvalue weighted by Crippen LogP contribution is 2.23. The highest BCUT2D eigenvalue weighted by molar-refractivity contribution is 5.92. The van der Waals surface area contributed by atoms with Gasteiger partial charge in [0.1, 0.15) is 5.52 Å². The van der Waals surface area contributed by atoms with E-state index in [-0.39, 0.29) is 5.56 Å². The van der Waals surface area contributed by atoms with Crippen LogP contribution in [0, 0.1) is 6.92 Å². The molecule has 6 heteroatoms. The first kappa shape index (κ1) is 12.2. The maximum Gasteiger partial charge on any atom is 0.335 e. The normalized spacial score (nSPS) is 10.7. The van der Waals surface area contributed by atoms with E-state index in [1.807, 2.05) is 13.0 Å². The summed E-state index contributed by atoms with van der Waals surface area (Å²) in [7, 11) is 0. The van der Waals surface area contributed by atoms with E-state index in [0.717, 1.165) is 11.3 Å². The number of hydrogen-bond donors (Lipinski definition) is 2. The summed E-state index contributed by atoms with van der Waals surface area (Å²) >= 11 is 0. The largest absolute Gasteiger partial charge is 0.478 e. The molecule has 0 bridgehead atoms. The van der Waals surface area contributed by atoms with Gasteiger partial charge in [-0.25, -0.2) is 4.79 Å². The number of carboxylic acids is 1. The van der Waals surface area contributed by atoms with Crippen molar-refractivity contribution in [3.05, 3.63) is 47.8 Å². The molecule has 2 heterocycles. The minimum absolute atomic E-state index is 0.164. The molecule has 0 atom stereocenters. The number of hydrogen-bond acceptors (Lipinski definition) is 5. The molecule has 0 amide bonds. The smallest absolute Gasteiger partial charge is 0.335 e. The van der Waals surface area contributed by atoms with E-state index in [9.17, 15) is 4.79 Å². The van der Waals surface area contributed by atoms with Crippen LogP contribution in [0.4, 0.5) is 11.7 Å². The molecule has 3 rings (SSSR count). The molecule has 6 nitrogen and oxygen atoms in total. The molecular weight excluding hydrogens is 258 g/mol. The SMILES string of the molecule is Cc1cncc(Nc2nc3ccc(C(=O)O)cc3o2)c1. The lowest BCUT2D eigenvalue weighted by Gasteiger charge is -2.00. The third-order valence-corrected chi connectivity index (χ3v) is 2.76. The van der Waals surface area contributed by atoms with Gasteiger partial charge in [0.2, 0.25) is 0 Å². The Morgan fingerprint density at radius 2 is 2.15 bits per heavy atom. The predicted molar refractivity (Wildman–Crippen MR) is 73.2 cm³/mol. The van der Waals surface area contributed by atoms with Crippen molar-refractivity contribution in [2.24, 2.45) is 0 Å². The molecule has 0 aliphatic heterocycles. The number of nitrogens with one attached hydrogen (secondary N) is 1. The minimum Gasteiger partial charge on any atom is -0.478 e. The maximum absolute atomic E-state index is 10.9. The lowest BCUT2D eigenvalue weighted by atomic mass is 10.2. The second-order valence-corrected chi connectivity index (χ2v) is 4.38. The van der Waals surface area contributed by atoms with E-state index < -0.39 is 5.97 Å². The number of benzene rings is 1. The first-order valence-corrected chi connectivity index (χ1v) is 5.94. The van der Waals surface area contributed by atoms with Gasteiger partial charge in [-0.1, -0.05) is 0 Å². The second kappa shape index (κ2) is 4.65. The number of aryl methyl sites for hydroxylation is 1. The number of fused-ring (bicyclic) bond motifs is 1. The van der Waals surface area contributed by atoms with E-state index in [4.69, 9.17) is 9.52 Å². The summed E-state index contributed by atoms with van der Waals surface area (Å²) in [5.41, 5.74) is 2.96. The first-order chi connectivity index (χ1) is 9.61. The van der Waals surface area contributed by atoms with Crippen LogP contribution in [0.1, 0.15) is 15.9 Å². The standard InChI is InChI=1S/C14H11N3O3/c1-8-4-10(7-15-6-8)16-14-17-11-3-2-9(13(18)19)5-12(11)20-14/h2-7H,1H3,(H,16,17)(H,18,19). The molecule has 0 saturated carbocycles. The number of pyridine rings is 1. The van der Waals surface area contributed by atoms with Gasteiger partial charge in [0.15, 0.2) is 5.58 Å². The summed E-state index contributed by atoms with van der Waals surface area (Å²) < 4.78 is 5.49. The Bertz CT molecular complexity index is 795. The molecule has 0 fully saturated rings. The van der Waals surface area contributed by atoms with Crippen molar-refractivity contribution in [1.82, 2.24) is 9.97 Å². The van der Waals surface area contributed by atoms with Crippen molar-refractivity contribution in [1.29, 1.82) is 0 Å². The molecule has 3 aromatic rings. The second-order valence-electron chi connectivity index (χ2n) is 4.38. The first-order valence-electron chi connectivity index (χ1n) is 5.94. The van der Waals surface area contributed by atoms with Crippen LogP contribution in [0.15, 0.2) is 41.1 Å². The number of anilines is 2. The van der Waals surface area contributed by atoms with Crippen LogP contribution >= 0.6 is 0 Å². The van der Waals surface area contributed by atoms with Crippen molar-refractivity contribution in [3.8, 4) is 0 Å². The molecule has 0 aliphatic carbocycles. The van der Waals surface area contributed by atoms with Gasteiger partial charge in [-0.3, -0.25) is 4.98 Å². The maximum atomic E-state index is 10.9. The van der Waals surface area contributed by atoms with Crippen molar-refractivity contribution in [2.75, 3.05) is 5.32 Å². The average Bonchev–Trinajstić information content (AvgIpc) is 2.79. The fourth-order valence-electron chi connectivity index (χ4n) is 1.86. The predicted octanol–water partition coefficient (Wildman–Crippen LogP) is 2.97. The number of nitrogens with zero attached hydrogens (tertiary/aromatic N) is 2. The lowest BCUT2D eigenvalue weighted by molar-refractivity contribution is 0.0697. The summed E-state index contributed by atoms with van der Waals surface area (Å²) in [5, 5.41) is 11.9. The van der Waals surface area contributed by atoms with Crippen molar-refractivity contribution in [3.63, 3.8) is 0 Å². The fourth-order valence-corrected chi connectivity index (χ4v) is 1.86. The Morgan fingerprint density at radius 1 is 1.30 bits per heavy atom. The third kappa shape index (κ3) is 2.31. The van der Waals surface area contributed by atoms with Crippen molar-refractivity contribution in [2.45, 2.75) is 6.92 Å². The zero-order valence-corrected chi connectivity index (χ0v) is 10.6. The average molecular weight is 269 g/mol. The zero-order chi connectivity index (χ0) is 14.1. The minimum atomic E-state index is -0.999. The van der Waals surface area contributed by atoms with E-state index in [1.54, 1.807) is 18.5 Å². The van der Waals surface area contributed by atoms with Crippen molar-refractivity contribution >= 4 is 28.8 Å². The molecule has 0 radical (unpaired) electrons. The number of carboxylic acid groups (broad SMARTS) is 1. The molecule has 0 saturated heterocycles. The summed E-state index contributed by atoms with van der Waals surface area (Å²) in [4.78, 5) is 19.2. The fraction of sp³-hybridized carbons (Fsp3) is 0.0714. The summed E-state index contributed by atoms with van der Waals surface area (Å²) in [6, 6.07) is 6.76. The van der Waals surface area contributed by atoms with Gasteiger partial charge >= 0.3 is 5.97 Å².